The highest BCUT2D eigenvalue weighted by Gasteiger charge is 2.34. The van der Waals surface area contributed by atoms with Crippen LogP contribution in [0, 0.1) is 12.7 Å². The fraction of sp³-hybridized carbons (Fsp3) is 0.261. The Morgan fingerprint density at radius 1 is 1.03 bits per heavy atom. The molecule has 1 aromatic carbocycles. The van der Waals surface area contributed by atoms with Crippen molar-refractivity contribution in [3.8, 4) is 23.1 Å². The lowest BCUT2D eigenvalue weighted by Gasteiger charge is -2.22. The van der Waals surface area contributed by atoms with Crippen LogP contribution in [-0.2, 0) is 14.8 Å². The van der Waals surface area contributed by atoms with Gasteiger partial charge in [-0.2, -0.15) is 0 Å². The molecule has 1 N–H and O–H groups in total. The van der Waals surface area contributed by atoms with Crippen LogP contribution in [0.4, 0.5) is 10.3 Å². The smallest absolute Gasteiger partial charge is 0.243 e. The number of pyridine rings is 1. The van der Waals surface area contributed by atoms with Crippen LogP contribution in [0.5, 0.6) is 5.88 Å². The van der Waals surface area contributed by atoms with E-state index in [1.54, 1.807) is 30.6 Å². The number of anilines is 1. The summed E-state index contributed by atoms with van der Waals surface area (Å²) in [4.78, 5) is 12.8. The first kappa shape index (κ1) is 25.1. The third-order valence-electron chi connectivity index (χ3n) is 5.37. The molecule has 0 aliphatic rings. The molecule has 2 atom stereocenters. The number of aromatic nitrogens is 6. The molecule has 4 aromatic rings. The lowest BCUT2D eigenvalue weighted by atomic mass is 10.2. The molecule has 188 valence electrons. The molecule has 13 heteroatoms. The second-order valence-electron chi connectivity index (χ2n) is 7.85. The van der Waals surface area contributed by atoms with Crippen molar-refractivity contribution in [3.05, 3.63) is 72.1 Å². The third-order valence-corrected chi connectivity index (χ3v) is 7.06. The molecule has 0 fully saturated rings. The van der Waals surface area contributed by atoms with Crippen LogP contribution < -0.4 is 9.46 Å². The van der Waals surface area contributed by atoms with Gasteiger partial charge in [-0.05, 0) is 49.7 Å². The summed E-state index contributed by atoms with van der Waals surface area (Å²) in [5, 5.41) is 7.11. The van der Waals surface area contributed by atoms with Crippen LogP contribution in [0.3, 0.4) is 0 Å². The Kier molecular flexibility index (Phi) is 7.22. The standard InChI is InChI=1S/C23H24FN7O4S/c1-14-12-25-21(26-13-14)20(35-4)15(2)36(32,33)30-23-29-28-22(18-6-5-7-19(27-18)34-3)31(23)17-10-8-16(24)9-11-17/h5-13,15,20H,1-4H3,(H,29,30). The average Bonchev–Trinajstić information content (AvgIpc) is 3.28. The van der Waals surface area contributed by atoms with Crippen molar-refractivity contribution in [2.45, 2.75) is 25.2 Å². The van der Waals surface area contributed by atoms with Gasteiger partial charge in [0.25, 0.3) is 0 Å². The third kappa shape index (κ3) is 5.16. The monoisotopic (exact) mass is 513 g/mol. The molecule has 4 rings (SSSR count). The zero-order valence-electron chi connectivity index (χ0n) is 20.0. The van der Waals surface area contributed by atoms with Crippen molar-refractivity contribution in [1.82, 2.24) is 29.7 Å². The van der Waals surface area contributed by atoms with Crippen molar-refractivity contribution in [3.63, 3.8) is 0 Å². The van der Waals surface area contributed by atoms with Crippen LogP contribution in [0.2, 0.25) is 0 Å². The van der Waals surface area contributed by atoms with E-state index < -0.39 is 27.2 Å². The molecule has 3 aromatic heterocycles. The number of nitrogens with one attached hydrogen (secondary N) is 1. The summed E-state index contributed by atoms with van der Waals surface area (Å²) in [7, 11) is -1.24. The predicted octanol–water partition coefficient (Wildman–Crippen LogP) is 3.09. The maximum absolute atomic E-state index is 13.6. The molecule has 3 heterocycles. The largest absolute Gasteiger partial charge is 0.481 e. The van der Waals surface area contributed by atoms with Gasteiger partial charge in [-0.25, -0.2) is 27.8 Å². The highest BCUT2D eigenvalue weighted by atomic mass is 32.2. The fourth-order valence-electron chi connectivity index (χ4n) is 3.44. The molecule has 0 aliphatic carbocycles. The molecule has 0 bridgehead atoms. The Hall–Kier alpha value is -3.97. The molecule has 36 heavy (non-hydrogen) atoms. The van der Waals surface area contributed by atoms with Gasteiger partial charge in [-0.3, -0.25) is 9.29 Å². The van der Waals surface area contributed by atoms with E-state index in [0.717, 1.165) is 5.56 Å². The summed E-state index contributed by atoms with van der Waals surface area (Å²) in [6, 6.07) is 10.5. The average molecular weight is 514 g/mol. The zero-order valence-corrected chi connectivity index (χ0v) is 20.8. The number of aryl methyl sites for hydroxylation is 1. The van der Waals surface area contributed by atoms with Gasteiger partial charge < -0.3 is 9.47 Å². The van der Waals surface area contributed by atoms with E-state index in [4.69, 9.17) is 9.47 Å². The Morgan fingerprint density at radius 2 is 1.72 bits per heavy atom. The van der Waals surface area contributed by atoms with E-state index in [1.807, 2.05) is 6.92 Å². The fourth-order valence-corrected chi connectivity index (χ4v) is 4.57. The maximum Gasteiger partial charge on any atom is 0.243 e. The van der Waals surface area contributed by atoms with E-state index in [0.29, 0.717) is 17.3 Å². The summed E-state index contributed by atoms with van der Waals surface area (Å²) >= 11 is 0. The number of ether oxygens (including phenoxy) is 2. The minimum atomic E-state index is -4.10. The van der Waals surface area contributed by atoms with Gasteiger partial charge >= 0.3 is 0 Å². The summed E-state index contributed by atoms with van der Waals surface area (Å²) in [5.74, 6) is 0.202. The van der Waals surface area contributed by atoms with Gasteiger partial charge in [0.1, 0.15) is 22.9 Å². The molecule has 11 nitrogen and oxygen atoms in total. The van der Waals surface area contributed by atoms with E-state index in [1.165, 1.54) is 50.0 Å². The summed E-state index contributed by atoms with van der Waals surface area (Å²) in [6.45, 7) is 3.30. The molecular weight excluding hydrogens is 489 g/mol. The number of sulfonamides is 1. The Balaban J connectivity index is 1.75. The molecule has 0 saturated heterocycles. The van der Waals surface area contributed by atoms with Crippen molar-refractivity contribution >= 4 is 16.0 Å². The van der Waals surface area contributed by atoms with E-state index in [9.17, 15) is 12.8 Å². The van der Waals surface area contributed by atoms with Crippen molar-refractivity contribution in [2.75, 3.05) is 18.9 Å². The second-order valence-corrected chi connectivity index (χ2v) is 9.89. The molecule has 0 saturated carbocycles. The van der Waals surface area contributed by atoms with Gasteiger partial charge in [0.2, 0.25) is 21.9 Å². The molecule has 2 unspecified atom stereocenters. The summed E-state index contributed by atoms with van der Waals surface area (Å²) < 4.78 is 55.0. The SMILES string of the molecule is COc1cccc(-c2nnc(NS(=O)(=O)C(C)C(OC)c3ncc(C)cn3)n2-c2ccc(F)cc2)n1. The van der Waals surface area contributed by atoms with Gasteiger partial charge in [0.05, 0.1) is 12.8 Å². The van der Waals surface area contributed by atoms with Crippen LogP contribution >= 0.6 is 0 Å². The topological polar surface area (TPSA) is 134 Å². The number of methoxy groups -OCH3 is 2. The Bertz CT molecular complexity index is 1440. The van der Waals surface area contributed by atoms with Crippen LogP contribution in [0.15, 0.2) is 54.9 Å². The van der Waals surface area contributed by atoms with E-state index in [-0.39, 0.29) is 17.6 Å². The number of halogens is 1. The number of rotatable bonds is 9. The first-order valence-electron chi connectivity index (χ1n) is 10.8. The van der Waals surface area contributed by atoms with Crippen LogP contribution in [0.25, 0.3) is 17.2 Å². The number of nitrogens with zero attached hydrogens (tertiary/aromatic N) is 6. The minimum Gasteiger partial charge on any atom is -0.481 e. The van der Waals surface area contributed by atoms with Crippen molar-refractivity contribution in [2.24, 2.45) is 0 Å². The Labute approximate surface area is 207 Å². The number of benzene rings is 1. The first-order valence-corrected chi connectivity index (χ1v) is 12.3. The van der Waals surface area contributed by atoms with Crippen LogP contribution in [0.1, 0.15) is 24.4 Å². The molecule has 0 spiro atoms. The zero-order chi connectivity index (χ0) is 25.9. The summed E-state index contributed by atoms with van der Waals surface area (Å²) in [5.41, 5.74) is 1.61. The highest BCUT2D eigenvalue weighted by Crippen LogP contribution is 2.28. The molecule has 0 radical (unpaired) electrons. The molecular formula is C23H24FN7O4S. The minimum absolute atomic E-state index is 0.118. The van der Waals surface area contributed by atoms with Crippen LogP contribution in [-0.4, -0.2) is 57.6 Å². The van der Waals surface area contributed by atoms with Crippen molar-refractivity contribution in [1.29, 1.82) is 0 Å². The quantitative estimate of drug-likeness (QED) is 0.358. The van der Waals surface area contributed by atoms with Gasteiger partial charge in [0, 0.05) is 25.6 Å². The van der Waals surface area contributed by atoms with Gasteiger partial charge in [-0.1, -0.05) is 6.07 Å². The van der Waals surface area contributed by atoms with E-state index >= 15 is 0 Å². The lowest BCUT2D eigenvalue weighted by molar-refractivity contribution is 0.0949. The van der Waals surface area contributed by atoms with Gasteiger partial charge in [-0.15, -0.1) is 10.2 Å². The second kappa shape index (κ2) is 10.3. The first-order chi connectivity index (χ1) is 17.2. The number of hydrogen-bond acceptors (Lipinski definition) is 9. The normalized spacial score (nSPS) is 13.2. The summed E-state index contributed by atoms with van der Waals surface area (Å²) in [6.07, 6.45) is 2.21. The van der Waals surface area contributed by atoms with Crippen molar-refractivity contribution < 1.29 is 22.3 Å². The predicted molar refractivity (Wildman–Crippen MR) is 130 cm³/mol. The molecule has 0 amide bonds. The maximum atomic E-state index is 13.6. The van der Waals surface area contributed by atoms with Gasteiger partial charge in [0.15, 0.2) is 11.6 Å². The highest BCUT2D eigenvalue weighted by molar-refractivity contribution is 7.93. The molecule has 0 aliphatic heterocycles. The lowest BCUT2D eigenvalue weighted by Crippen LogP contribution is -2.33. The number of hydrogen-bond donors (Lipinski definition) is 1. The Morgan fingerprint density at radius 3 is 2.36 bits per heavy atom. The van der Waals surface area contributed by atoms with E-state index in [2.05, 4.69) is 29.9 Å².